The Bertz CT molecular complexity index is 435. The van der Waals surface area contributed by atoms with Crippen LogP contribution >= 0.6 is 23.1 Å². The molecule has 0 saturated carbocycles. The molecule has 13 heavy (non-hydrogen) atoms. The van der Waals surface area contributed by atoms with Crippen LogP contribution in [0.15, 0.2) is 15.2 Å². The minimum atomic E-state index is -3.52. The summed E-state index contributed by atoms with van der Waals surface area (Å²) in [5, 5.41) is 7.20. The second-order valence-electron chi connectivity index (χ2n) is 3.03. The van der Waals surface area contributed by atoms with Gasteiger partial charge in [0.2, 0.25) is 10.0 Å². The zero-order chi connectivity index (χ0) is 9.64. The van der Waals surface area contributed by atoms with Crippen LogP contribution in [0, 0.1) is 0 Å². The molecule has 1 atom stereocenters. The molecule has 0 aliphatic carbocycles. The summed E-state index contributed by atoms with van der Waals surface area (Å²) in [6.07, 6.45) is 0.959. The number of hydrogen-bond acceptors (Lipinski definition) is 4. The molecule has 0 radical (unpaired) electrons. The van der Waals surface area contributed by atoms with Crippen molar-refractivity contribution >= 4 is 33.1 Å². The molecule has 0 bridgehead atoms. The van der Waals surface area contributed by atoms with E-state index in [0.717, 1.165) is 16.2 Å². The average Bonchev–Trinajstić information content (AvgIpc) is 2.41. The minimum Gasteiger partial charge on any atom is -0.225 e. The van der Waals surface area contributed by atoms with Crippen molar-refractivity contribution in [1.29, 1.82) is 0 Å². The first-order chi connectivity index (χ1) is 5.98. The van der Waals surface area contributed by atoms with Crippen molar-refractivity contribution in [1.82, 2.24) is 0 Å². The molecule has 1 aromatic rings. The first kappa shape index (κ1) is 9.51. The lowest BCUT2D eigenvalue weighted by atomic mass is 10.3. The number of thiophene rings is 1. The molecular weight excluding hydrogens is 226 g/mol. The van der Waals surface area contributed by atoms with Gasteiger partial charge in [0, 0.05) is 20.4 Å². The van der Waals surface area contributed by atoms with E-state index in [-0.39, 0.29) is 0 Å². The first-order valence-corrected chi connectivity index (χ1v) is 7.09. The zero-order valence-corrected chi connectivity index (χ0v) is 9.43. The van der Waals surface area contributed by atoms with Crippen molar-refractivity contribution in [2.45, 2.75) is 28.4 Å². The van der Waals surface area contributed by atoms with Gasteiger partial charge in [-0.1, -0.05) is 6.92 Å². The van der Waals surface area contributed by atoms with Crippen molar-refractivity contribution < 1.29 is 8.42 Å². The molecule has 2 rings (SSSR count). The summed E-state index contributed by atoms with van der Waals surface area (Å²) in [5.74, 6) is 0. The van der Waals surface area contributed by atoms with E-state index in [1.165, 1.54) is 11.3 Å². The third kappa shape index (κ3) is 1.63. The Labute approximate surface area is 85.4 Å². The van der Waals surface area contributed by atoms with Gasteiger partial charge in [0.15, 0.2) is 0 Å². The first-order valence-electron chi connectivity index (χ1n) is 3.78. The summed E-state index contributed by atoms with van der Waals surface area (Å²) in [7, 11) is -3.52. The molecule has 1 aromatic heterocycles. The molecule has 0 aromatic carbocycles. The van der Waals surface area contributed by atoms with Crippen LogP contribution in [0.3, 0.4) is 0 Å². The van der Waals surface area contributed by atoms with Crippen molar-refractivity contribution in [2.75, 3.05) is 0 Å². The van der Waals surface area contributed by atoms with Crippen molar-refractivity contribution in [3.05, 3.63) is 10.3 Å². The van der Waals surface area contributed by atoms with Gasteiger partial charge in [0.05, 0.1) is 0 Å². The Balaban J connectivity index is 2.54. The van der Waals surface area contributed by atoms with E-state index < -0.39 is 10.0 Å². The van der Waals surface area contributed by atoms with Crippen LogP contribution in [0.5, 0.6) is 0 Å². The average molecular weight is 235 g/mol. The molecule has 2 N–H and O–H groups in total. The zero-order valence-electron chi connectivity index (χ0n) is 6.98. The third-order valence-corrected chi connectivity index (χ3v) is 5.51. The molecular formula is C7H9NO2S3. The van der Waals surface area contributed by atoms with Gasteiger partial charge in [-0.05, 0) is 6.42 Å². The van der Waals surface area contributed by atoms with Crippen LogP contribution in [0.4, 0.5) is 0 Å². The number of sulfonamides is 1. The summed E-state index contributed by atoms with van der Waals surface area (Å²) >= 11 is 3.09. The van der Waals surface area contributed by atoms with Gasteiger partial charge >= 0.3 is 0 Å². The van der Waals surface area contributed by atoms with Crippen LogP contribution in [-0.2, 0) is 16.4 Å². The number of hydrogen-bond donors (Lipinski definition) is 1. The molecule has 0 amide bonds. The minimum absolute atomic E-state index is 0.307. The van der Waals surface area contributed by atoms with E-state index in [0.29, 0.717) is 10.1 Å². The quantitative estimate of drug-likeness (QED) is 0.801. The summed E-state index contributed by atoms with van der Waals surface area (Å²) in [5.41, 5.74) is 0. The smallest absolute Gasteiger partial charge is 0.225 e. The van der Waals surface area contributed by atoms with Gasteiger partial charge in [0.1, 0.15) is 4.90 Å². The van der Waals surface area contributed by atoms with Crippen molar-refractivity contribution in [3.8, 4) is 0 Å². The van der Waals surface area contributed by atoms with Crippen LogP contribution < -0.4 is 5.14 Å². The highest BCUT2D eigenvalue weighted by Gasteiger charge is 2.27. The van der Waals surface area contributed by atoms with E-state index in [4.69, 9.17) is 5.14 Å². The van der Waals surface area contributed by atoms with E-state index in [2.05, 4.69) is 6.92 Å². The summed E-state index contributed by atoms with van der Waals surface area (Å²) in [6, 6.07) is 0. The lowest BCUT2D eigenvalue weighted by Crippen LogP contribution is -2.11. The maximum Gasteiger partial charge on any atom is 0.240 e. The molecule has 72 valence electrons. The maximum atomic E-state index is 11.1. The highest BCUT2D eigenvalue weighted by atomic mass is 32.2. The molecule has 1 aliphatic heterocycles. The summed E-state index contributed by atoms with van der Waals surface area (Å²) < 4.78 is 22.3. The van der Waals surface area contributed by atoms with Gasteiger partial charge in [-0.15, -0.1) is 23.1 Å². The van der Waals surface area contributed by atoms with Gasteiger partial charge in [-0.3, -0.25) is 0 Å². The van der Waals surface area contributed by atoms with Crippen molar-refractivity contribution in [3.63, 3.8) is 0 Å². The van der Waals surface area contributed by atoms with Gasteiger partial charge in [-0.2, -0.15) is 0 Å². The molecule has 1 unspecified atom stereocenters. The monoisotopic (exact) mass is 235 g/mol. The Morgan fingerprint density at radius 3 is 2.92 bits per heavy atom. The topological polar surface area (TPSA) is 60.2 Å². The predicted molar refractivity (Wildman–Crippen MR) is 54.7 cm³/mol. The maximum absolute atomic E-state index is 11.1. The molecule has 0 spiro atoms. The van der Waals surface area contributed by atoms with Gasteiger partial charge in [-0.25, -0.2) is 13.6 Å². The lowest BCUT2D eigenvalue weighted by Gasteiger charge is -1.99. The Hall–Kier alpha value is -0.0400. The molecule has 1 aliphatic rings. The molecule has 6 heteroatoms. The van der Waals surface area contributed by atoms with E-state index >= 15 is 0 Å². The highest BCUT2D eigenvalue weighted by Crippen LogP contribution is 2.44. The molecule has 2 heterocycles. The van der Waals surface area contributed by atoms with Crippen LogP contribution in [0.1, 0.15) is 11.8 Å². The number of nitrogens with two attached hydrogens (primary N) is 1. The number of thioether (sulfide) groups is 1. The fourth-order valence-corrected chi connectivity index (χ4v) is 5.40. The van der Waals surface area contributed by atoms with E-state index in [1.54, 1.807) is 17.1 Å². The SMILES string of the molecule is CC1Cc2scc(S(N)(=O)=O)c2S1. The van der Waals surface area contributed by atoms with E-state index in [9.17, 15) is 8.42 Å². The molecule has 0 saturated heterocycles. The molecule has 3 nitrogen and oxygen atoms in total. The van der Waals surface area contributed by atoms with Gasteiger partial charge < -0.3 is 0 Å². The fourth-order valence-electron chi connectivity index (χ4n) is 1.33. The number of rotatable bonds is 1. The molecule has 0 fully saturated rings. The van der Waals surface area contributed by atoms with Crippen molar-refractivity contribution in [2.24, 2.45) is 5.14 Å². The Morgan fingerprint density at radius 1 is 1.62 bits per heavy atom. The van der Waals surface area contributed by atoms with Crippen LogP contribution in [0.25, 0.3) is 0 Å². The van der Waals surface area contributed by atoms with Crippen LogP contribution in [0.2, 0.25) is 0 Å². The van der Waals surface area contributed by atoms with E-state index in [1.807, 2.05) is 0 Å². The highest BCUT2D eigenvalue weighted by molar-refractivity contribution is 8.01. The second kappa shape index (κ2) is 2.98. The fraction of sp³-hybridized carbons (Fsp3) is 0.429. The Kier molecular flexibility index (Phi) is 2.18. The number of primary sulfonamides is 1. The summed E-state index contributed by atoms with van der Waals surface area (Å²) in [6.45, 7) is 2.09. The predicted octanol–water partition coefficient (Wildman–Crippen LogP) is 1.43. The normalized spacial score (nSPS) is 21.8. The Morgan fingerprint density at radius 2 is 2.31 bits per heavy atom. The second-order valence-corrected chi connectivity index (χ2v) is 6.97. The van der Waals surface area contributed by atoms with Gasteiger partial charge in [0.25, 0.3) is 0 Å². The number of fused-ring (bicyclic) bond motifs is 1. The summed E-state index contributed by atoms with van der Waals surface area (Å²) in [4.78, 5) is 2.34. The lowest BCUT2D eigenvalue weighted by molar-refractivity contribution is 0.596. The standard InChI is InChI=1S/C7H9NO2S3/c1-4-2-5-7(12-4)6(3-11-5)13(8,9)10/h3-4H,2H2,1H3,(H2,8,9,10). The largest absolute Gasteiger partial charge is 0.240 e. The third-order valence-electron chi connectivity index (χ3n) is 1.88. The van der Waals surface area contributed by atoms with Crippen LogP contribution in [-0.4, -0.2) is 13.7 Å².